The second kappa shape index (κ2) is 23.9. The number of aryl methyl sites for hydroxylation is 2. The van der Waals surface area contributed by atoms with Gasteiger partial charge in [0.1, 0.15) is 12.4 Å². The van der Waals surface area contributed by atoms with Gasteiger partial charge in [-0.05, 0) is 25.7 Å². The summed E-state index contributed by atoms with van der Waals surface area (Å²) < 4.78 is 5.15. The monoisotopic (exact) mass is 475 g/mol. The minimum absolute atomic E-state index is 1.20. The number of imidazole rings is 1. The summed E-state index contributed by atoms with van der Waals surface area (Å²) in [6.45, 7) is 9.35. The number of hydrogen-bond acceptors (Lipinski definition) is 0. The van der Waals surface area contributed by atoms with E-state index in [-0.39, 0.29) is 0 Å². The largest absolute Gasteiger partial charge is 0.256 e. The summed E-state index contributed by atoms with van der Waals surface area (Å²) in [6, 6.07) is 0. The Hall–Kier alpha value is -0.790. The molecule has 34 heavy (non-hydrogen) atoms. The van der Waals surface area contributed by atoms with Crippen LogP contribution in [0.25, 0.3) is 0 Å². The summed E-state index contributed by atoms with van der Waals surface area (Å²) in [7, 11) is 0. The normalized spacial score (nSPS) is 11.5. The third-order valence-electron chi connectivity index (χ3n) is 7.60. The Bertz CT molecular complexity index is 533. The number of aromatic nitrogens is 2. The van der Waals surface area contributed by atoms with Gasteiger partial charge in [0, 0.05) is 6.42 Å². The van der Waals surface area contributed by atoms with Crippen molar-refractivity contribution in [3.63, 3.8) is 0 Å². The molecule has 0 fully saturated rings. The first kappa shape index (κ1) is 31.2. The van der Waals surface area contributed by atoms with Gasteiger partial charge >= 0.3 is 0 Å². The fourth-order valence-electron chi connectivity index (χ4n) is 5.24. The fourth-order valence-corrected chi connectivity index (χ4v) is 5.24. The number of unbranched alkanes of at least 4 members (excludes halogenated alkanes) is 20. The molecule has 0 aliphatic carbocycles. The van der Waals surface area contributed by atoms with Crippen molar-refractivity contribution in [1.82, 2.24) is 4.57 Å². The number of nitrogens with zero attached hydrogens (tertiary/aromatic N) is 2. The van der Waals surface area contributed by atoms with Gasteiger partial charge < -0.3 is 0 Å². The highest BCUT2D eigenvalue weighted by Gasteiger charge is 2.16. The van der Waals surface area contributed by atoms with Crippen molar-refractivity contribution in [2.75, 3.05) is 0 Å². The van der Waals surface area contributed by atoms with Crippen LogP contribution in [-0.4, -0.2) is 4.57 Å². The van der Waals surface area contributed by atoms with Gasteiger partial charge in [0.05, 0.1) is 13.1 Å². The van der Waals surface area contributed by atoms with Crippen molar-refractivity contribution >= 4 is 0 Å². The summed E-state index contributed by atoms with van der Waals surface area (Å²) in [6.07, 6.45) is 38.6. The summed E-state index contributed by atoms with van der Waals surface area (Å²) in [5.41, 5.74) is 0. The van der Waals surface area contributed by atoms with Crippen molar-refractivity contribution in [3.8, 4) is 0 Å². The van der Waals surface area contributed by atoms with Crippen LogP contribution in [0.2, 0.25) is 0 Å². The topological polar surface area (TPSA) is 8.81 Å². The molecule has 2 heteroatoms. The van der Waals surface area contributed by atoms with E-state index in [0.717, 1.165) is 0 Å². The van der Waals surface area contributed by atoms with Crippen molar-refractivity contribution in [3.05, 3.63) is 18.2 Å². The molecule has 0 spiro atoms. The van der Waals surface area contributed by atoms with Gasteiger partial charge in [-0.1, -0.05) is 143 Å². The minimum Gasteiger partial charge on any atom is -0.234 e. The van der Waals surface area contributed by atoms with Crippen molar-refractivity contribution in [1.29, 1.82) is 0 Å². The summed E-state index contributed by atoms with van der Waals surface area (Å²) in [5.74, 6) is 1.60. The molecule has 0 aliphatic heterocycles. The molecule has 0 radical (unpaired) electrons. The number of rotatable bonds is 26. The Balaban J connectivity index is 2.15. The molecule has 0 aliphatic rings. The summed E-state index contributed by atoms with van der Waals surface area (Å²) in [5, 5.41) is 0. The van der Waals surface area contributed by atoms with E-state index >= 15 is 0 Å². The van der Waals surface area contributed by atoms with E-state index in [4.69, 9.17) is 0 Å². The minimum atomic E-state index is 1.20. The fraction of sp³-hybridized carbons (Fsp3) is 0.906. The molecule has 0 atom stereocenters. The zero-order valence-corrected chi connectivity index (χ0v) is 23.9. The van der Waals surface area contributed by atoms with Crippen LogP contribution in [0, 0.1) is 0 Å². The molecule has 0 N–H and O–H groups in total. The smallest absolute Gasteiger partial charge is 0.234 e. The molecule has 0 saturated heterocycles. The zero-order valence-electron chi connectivity index (χ0n) is 23.9. The SMILES string of the molecule is CCCCCCCCCCCCCCCCc1n(CCCC)cc[n+]1CCCCCCCCC. The Kier molecular flexibility index (Phi) is 22.0. The summed E-state index contributed by atoms with van der Waals surface area (Å²) >= 11 is 0. The van der Waals surface area contributed by atoms with E-state index in [1.807, 2.05) is 0 Å². The van der Waals surface area contributed by atoms with Crippen molar-refractivity contribution in [2.24, 2.45) is 0 Å². The molecule has 0 bridgehead atoms. The lowest BCUT2D eigenvalue weighted by atomic mass is 10.0. The van der Waals surface area contributed by atoms with Crippen LogP contribution in [0.3, 0.4) is 0 Å². The lowest BCUT2D eigenvalue weighted by molar-refractivity contribution is -0.704. The molecular formula is C32H63N2+. The van der Waals surface area contributed by atoms with Gasteiger partial charge in [0.25, 0.3) is 5.82 Å². The molecule has 1 aromatic heterocycles. The van der Waals surface area contributed by atoms with E-state index in [1.165, 1.54) is 167 Å². The molecule has 1 aromatic rings. The third kappa shape index (κ3) is 16.8. The van der Waals surface area contributed by atoms with Crippen LogP contribution >= 0.6 is 0 Å². The Morgan fingerprint density at radius 1 is 0.500 bits per heavy atom. The highest BCUT2D eigenvalue weighted by Crippen LogP contribution is 2.14. The highest BCUT2D eigenvalue weighted by atomic mass is 15.1. The van der Waals surface area contributed by atoms with Crippen LogP contribution in [0.15, 0.2) is 12.4 Å². The quantitative estimate of drug-likeness (QED) is 0.0930. The Labute approximate surface area is 215 Å². The molecule has 0 saturated carbocycles. The molecule has 0 amide bonds. The molecule has 2 nitrogen and oxygen atoms in total. The average Bonchev–Trinajstić information content (AvgIpc) is 3.23. The second-order valence-electron chi connectivity index (χ2n) is 10.9. The van der Waals surface area contributed by atoms with Gasteiger partial charge in [-0.3, -0.25) is 0 Å². The predicted molar refractivity (Wildman–Crippen MR) is 152 cm³/mol. The average molecular weight is 476 g/mol. The highest BCUT2D eigenvalue weighted by molar-refractivity contribution is 4.84. The lowest BCUT2D eigenvalue weighted by Crippen LogP contribution is -2.37. The summed E-state index contributed by atoms with van der Waals surface area (Å²) in [4.78, 5) is 0. The zero-order chi connectivity index (χ0) is 24.5. The maximum Gasteiger partial charge on any atom is 0.256 e. The Morgan fingerprint density at radius 2 is 0.912 bits per heavy atom. The van der Waals surface area contributed by atoms with Gasteiger partial charge in [0.2, 0.25) is 0 Å². The second-order valence-corrected chi connectivity index (χ2v) is 10.9. The standard InChI is InChI=1S/C32H63N2/c1-4-7-10-12-14-15-16-17-18-19-20-21-23-25-27-32-33(28-9-6-3)30-31-34(32)29-26-24-22-13-11-8-5-2/h30-31H,4-29H2,1-3H3/q+1. The Morgan fingerprint density at radius 3 is 1.38 bits per heavy atom. The van der Waals surface area contributed by atoms with E-state index in [1.54, 1.807) is 5.82 Å². The lowest BCUT2D eigenvalue weighted by Gasteiger charge is -2.06. The van der Waals surface area contributed by atoms with Gasteiger partial charge in [0.15, 0.2) is 0 Å². The van der Waals surface area contributed by atoms with Gasteiger partial charge in [-0.25, -0.2) is 9.13 Å². The third-order valence-corrected chi connectivity index (χ3v) is 7.60. The van der Waals surface area contributed by atoms with Crippen LogP contribution in [-0.2, 0) is 19.5 Å². The predicted octanol–water partition coefficient (Wildman–Crippen LogP) is 10.4. The van der Waals surface area contributed by atoms with E-state index < -0.39 is 0 Å². The molecule has 1 heterocycles. The molecule has 1 rings (SSSR count). The van der Waals surface area contributed by atoms with E-state index in [2.05, 4.69) is 42.3 Å². The molecular weight excluding hydrogens is 412 g/mol. The van der Waals surface area contributed by atoms with Crippen LogP contribution < -0.4 is 4.57 Å². The maximum atomic E-state index is 2.59. The molecule has 0 unspecified atom stereocenters. The van der Waals surface area contributed by atoms with Crippen molar-refractivity contribution < 1.29 is 4.57 Å². The first-order valence-corrected chi connectivity index (χ1v) is 15.9. The number of hydrogen-bond donors (Lipinski definition) is 0. The maximum absolute atomic E-state index is 2.59. The van der Waals surface area contributed by atoms with Gasteiger partial charge in [-0.15, -0.1) is 0 Å². The van der Waals surface area contributed by atoms with Crippen LogP contribution in [0.4, 0.5) is 0 Å². The van der Waals surface area contributed by atoms with Gasteiger partial charge in [-0.2, -0.15) is 0 Å². The molecule has 0 aromatic carbocycles. The van der Waals surface area contributed by atoms with E-state index in [9.17, 15) is 0 Å². The van der Waals surface area contributed by atoms with E-state index in [0.29, 0.717) is 0 Å². The first-order valence-electron chi connectivity index (χ1n) is 15.9. The van der Waals surface area contributed by atoms with Crippen molar-refractivity contribution in [2.45, 2.75) is 188 Å². The first-order chi connectivity index (χ1) is 16.8. The van der Waals surface area contributed by atoms with Crippen LogP contribution in [0.1, 0.15) is 174 Å². The van der Waals surface area contributed by atoms with Crippen LogP contribution in [0.5, 0.6) is 0 Å². The molecule has 200 valence electrons.